The number of benzene rings is 2. The van der Waals surface area contributed by atoms with E-state index in [9.17, 15) is 4.79 Å². The van der Waals surface area contributed by atoms with Gasteiger partial charge in [0.25, 0.3) is 0 Å². The van der Waals surface area contributed by atoms with Gasteiger partial charge in [-0.15, -0.1) is 0 Å². The van der Waals surface area contributed by atoms with E-state index in [4.69, 9.17) is 19.3 Å². The monoisotopic (exact) mass is 288 g/mol. The summed E-state index contributed by atoms with van der Waals surface area (Å²) in [7, 11) is 2.91. The summed E-state index contributed by atoms with van der Waals surface area (Å²) < 4.78 is 16.1. The minimum atomic E-state index is -1.05. The zero-order valence-corrected chi connectivity index (χ0v) is 11.8. The molecule has 2 rings (SSSR count). The predicted octanol–water partition coefficient (Wildman–Crippen LogP) is 2.98. The third-order valence-corrected chi connectivity index (χ3v) is 2.93. The average molecular weight is 288 g/mol. The van der Waals surface area contributed by atoms with Crippen molar-refractivity contribution < 1.29 is 24.1 Å². The van der Waals surface area contributed by atoms with Gasteiger partial charge in [0, 0.05) is 0 Å². The van der Waals surface area contributed by atoms with Crippen molar-refractivity contribution >= 4 is 5.97 Å². The summed E-state index contributed by atoms with van der Waals surface area (Å²) in [6, 6.07) is 12.4. The molecule has 0 unspecified atom stereocenters. The van der Waals surface area contributed by atoms with Crippen molar-refractivity contribution in [3.05, 3.63) is 53.6 Å². The van der Waals surface area contributed by atoms with Gasteiger partial charge in [-0.2, -0.15) is 0 Å². The number of hydrogen-bond donors (Lipinski definition) is 1. The maximum atomic E-state index is 11.1. The second-order valence-corrected chi connectivity index (χ2v) is 4.29. The van der Waals surface area contributed by atoms with Gasteiger partial charge in [-0.25, -0.2) is 4.79 Å². The molecule has 0 bridgehead atoms. The third kappa shape index (κ3) is 3.45. The smallest absolute Gasteiger partial charge is 0.335 e. The number of ether oxygens (including phenoxy) is 3. The van der Waals surface area contributed by atoms with Crippen LogP contribution in [-0.2, 0) is 6.61 Å². The van der Waals surface area contributed by atoms with Crippen LogP contribution in [0.15, 0.2) is 42.5 Å². The summed E-state index contributed by atoms with van der Waals surface area (Å²) in [5.41, 5.74) is 1.07. The van der Waals surface area contributed by atoms with E-state index in [1.807, 2.05) is 30.3 Å². The Kier molecular flexibility index (Phi) is 4.66. The summed E-state index contributed by atoms with van der Waals surface area (Å²) in [4.78, 5) is 11.1. The first-order chi connectivity index (χ1) is 10.2. The Hall–Kier alpha value is -2.69. The first-order valence-electron chi connectivity index (χ1n) is 6.31. The van der Waals surface area contributed by atoms with Crippen LogP contribution < -0.4 is 14.2 Å². The molecule has 2 aromatic rings. The molecule has 0 spiro atoms. The lowest BCUT2D eigenvalue weighted by Crippen LogP contribution is -2.03. The Morgan fingerprint density at radius 2 is 1.62 bits per heavy atom. The maximum absolute atomic E-state index is 11.1. The topological polar surface area (TPSA) is 65.0 Å². The third-order valence-electron chi connectivity index (χ3n) is 2.93. The summed E-state index contributed by atoms with van der Waals surface area (Å²) >= 11 is 0. The Balaban J connectivity index is 2.31. The van der Waals surface area contributed by atoms with Crippen molar-refractivity contribution in [3.8, 4) is 17.2 Å². The van der Waals surface area contributed by atoms with Gasteiger partial charge >= 0.3 is 5.97 Å². The van der Waals surface area contributed by atoms with Gasteiger partial charge < -0.3 is 19.3 Å². The highest BCUT2D eigenvalue weighted by Crippen LogP contribution is 2.39. The molecular formula is C16H16O5. The maximum Gasteiger partial charge on any atom is 0.335 e. The SMILES string of the molecule is COc1cc(C(=O)O)cc(OC)c1OCc1ccccc1. The van der Waals surface area contributed by atoms with Crippen molar-refractivity contribution in [2.24, 2.45) is 0 Å². The molecule has 0 atom stereocenters. The molecular weight excluding hydrogens is 272 g/mol. The number of carboxylic acid groups (broad SMARTS) is 1. The van der Waals surface area contributed by atoms with E-state index in [1.54, 1.807) is 0 Å². The molecule has 0 amide bonds. The van der Waals surface area contributed by atoms with Gasteiger partial charge in [-0.05, 0) is 17.7 Å². The van der Waals surface area contributed by atoms with E-state index >= 15 is 0 Å². The lowest BCUT2D eigenvalue weighted by molar-refractivity contribution is 0.0696. The van der Waals surface area contributed by atoms with E-state index in [0.29, 0.717) is 23.9 Å². The van der Waals surface area contributed by atoms with Gasteiger partial charge in [0.05, 0.1) is 19.8 Å². The van der Waals surface area contributed by atoms with Gasteiger partial charge in [0.15, 0.2) is 11.5 Å². The van der Waals surface area contributed by atoms with Crippen LogP contribution in [0.1, 0.15) is 15.9 Å². The van der Waals surface area contributed by atoms with Gasteiger partial charge in [0.2, 0.25) is 5.75 Å². The Labute approximate surface area is 122 Å². The highest BCUT2D eigenvalue weighted by Gasteiger charge is 2.17. The van der Waals surface area contributed by atoms with E-state index in [-0.39, 0.29) is 5.56 Å². The fraction of sp³-hybridized carbons (Fsp3) is 0.188. The zero-order valence-electron chi connectivity index (χ0n) is 11.8. The van der Waals surface area contributed by atoms with Crippen LogP contribution in [-0.4, -0.2) is 25.3 Å². The van der Waals surface area contributed by atoms with Gasteiger partial charge in [-0.1, -0.05) is 30.3 Å². The number of methoxy groups -OCH3 is 2. The van der Waals surface area contributed by atoms with Gasteiger partial charge in [-0.3, -0.25) is 0 Å². The number of aromatic carboxylic acids is 1. The molecule has 0 aliphatic heterocycles. The standard InChI is InChI=1S/C16H16O5/c1-19-13-8-12(16(17)18)9-14(20-2)15(13)21-10-11-6-4-3-5-7-11/h3-9H,10H2,1-2H3,(H,17,18). The van der Waals surface area contributed by atoms with Crippen LogP contribution in [0.4, 0.5) is 0 Å². The molecule has 5 heteroatoms. The molecule has 0 heterocycles. The molecule has 5 nitrogen and oxygen atoms in total. The lowest BCUT2D eigenvalue weighted by Gasteiger charge is -2.15. The van der Waals surface area contributed by atoms with Crippen molar-refractivity contribution in [1.29, 1.82) is 0 Å². The number of carboxylic acids is 1. The number of hydrogen-bond acceptors (Lipinski definition) is 4. The van der Waals surface area contributed by atoms with Crippen LogP contribution in [0, 0.1) is 0 Å². The summed E-state index contributed by atoms with van der Waals surface area (Å²) in [5.74, 6) is -0.0274. The zero-order chi connectivity index (χ0) is 15.2. The summed E-state index contributed by atoms with van der Waals surface area (Å²) in [6.45, 7) is 0.333. The molecule has 0 saturated carbocycles. The van der Waals surface area contributed by atoms with E-state index in [2.05, 4.69) is 0 Å². The normalized spacial score (nSPS) is 10.0. The van der Waals surface area contributed by atoms with Crippen molar-refractivity contribution in [3.63, 3.8) is 0 Å². The van der Waals surface area contributed by atoms with Crippen LogP contribution in [0.5, 0.6) is 17.2 Å². The lowest BCUT2D eigenvalue weighted by atomic mass is 10.2. The molecule has 0 saturated heterocycles. The molecule has 0 radical (unpaired) electrons. The fourth-order valence-corrected chi connectivity index (χ4v) is 1.88. The molecule has 0 aliphatic rings. The highest BCUT2D eigenvalue weighted by molar-refractivity contribution is 5.89. The second kappa shape index (κ2) is 6.65. The molecule has 21 heavy (non-hydrogen) atoms. The Morgan fingerprint density at radius 3 is 2.10 bits per heavy atom. The van der Waals surface area contributed by atoms with Crippen LogP contribution >= 0.6 is 0 Å². The summed E-state index contributed by atoms with van der Waals surface area (Å²) in [5, 5.41) is 9.07. The minimum Gasteiger partial charge on any atom is -0.493 e. The molecule has 0 aliphatic carbocycles. The number of carbonyl (C=O) groups is 1. The molecule has 0 aromatic heterocycles. The molecule has 2 aromatic carbocycles. The van der Waals surface area contributed by atoms with Gasteiger partial charge in [0.1, 0.15) is 6.61 Å². The minimum absolute atomic E-state index is 0.0794. The van der Waals surface area contributed by atoms with Crippen molar-refractivity contribution in [2.75, 3.05) is 14.2 Å². The first-order valence-corrected chi connectivity index (χ1v) is 6.31. The predicted molar refractivity (Wildman–Crippen MR) is 77.3 cm³/mol. The van der Waals surface area contributed by atoms with E-state index < -0.39 is 5.97 Å². The number of rotatable bonds is 6. The van der Waals surface area contributed by atoms with Crippen LogP contribution in [0.2, 0.25) is 0 Å². The quantitative estimate of drug-likeness (QED) is 0.885. The molecule has 110 valence electrons. The van der Waals surface area contributed by atoms with Crippen molar-refractivity contribution in [1.82, 2.24) is 0 Å². The first kappa shape index (κ1) is 14.7. The van der Waals surface area contributed by atoms with Crippen molar-refractivity contribution in [2.45, 2.75) is 6.61 Å². The highest BCUT2D eigenvalue weighted by atomic mass is 16.5. The fourth-order valence-electron chi connectivity index (χ4n) is 1.88. The molecule has 0 fully saturated rings. The van der Waals surface area contributed by atoms with E-state index in [0.717, 1.165) is 5.56 Å². The average Bonchev–Trinajstić information content (AvgIpc) is 2.52. The largest absolute Gasteiger partial charge is 0.493 e. The summed E-state index contributed by atoms with van der Waals surface area (Å²) in [6.07, 6.45) is 0. The van der Waals surface area contributed by atoms with Crippen LogP contribution in [0.3, 0.4) is 0 Å². The molecule has 1 N–H and O–H groups in total. The Bertz CT molecular complexity index is 597. The Morgan fingerprint density at radius 1 is 1.05 bits per heavy atom. The van der Waals surface area contributed by atoms with E-state index in [1.165, 1.54) is 26.4 Å². The second-order valence-electron chi connectivity index (χ2n) is 4.29. The van der Waals surface area contributed by atoms with Crippen LogP contribution in [0.25, 0.3) is 0 Å².